The number of hydrogen-bond donors (Lipinski definition) is 1. The molecule has 0 aliphatic carbocycles. The van der Waals surface area contributed by atoms with E-state index in [0.717, 1.165) is 25.9 Å². The largest absolute Gasteiger partial charge is 0.472 e. The molecular weight excluding hydrogens is 190 g/mol. The molecule has 4 heteroatoms. The molecule has 2 rings (SSSR count). The Morgan fingerprint density at radius 2 is 2.07 bits per heavy atom. The molecule has 4 nitrogen and oxygen atoms in total. The lowest BCUT2D eigenvalue weighted by Gasteiger charge is -2.23. The first-order chi connectivity index (χ1) is 7.40. The quantitative estimate of drug-likeness (QED) is 0.715. The average molecular weight is 203 g/mol. The van der Waals surface area contributed by atoms with Crippen LogP contribution in [0.15, 0.2) is 12.4 Å². The predicted molar refractivity (Wildman–Crippen MR) is 56.5 cm³/mol. The zero-order chi connectivity index (χ0) is 10.5. The molecule has 78 valence electrons. The molecule has 0 amide bonds. The molecule has 1 N–H and O–H groups in total. The highest BCUT2D eigenvalue weighted by Gasteiger charge is 2.16. The Labute approximate surface area is 89.1 Å². The zero-order valence-electron chi connectivity index (χ0n) is 8.44. The summed E-state index contributed by atoms with van der Waals surface area (Å²) in [5, 5.41) is 3.27. The van der Waals surface area contributed by atoms with Crippen molar-refractivity contribution in [1.82, 2.24) is 15.3 Å². The number of hydrogen-bond acceptors (Lipinski definition) is 4. The van der Waals surface area contributed by atoms with Crippen molar-refractivity contribution in [3.8, 4) is 18.2 Å². The summed E-state index contributed by atoms with van der Waals surface area (Å²) in [5.74, 6) is 2.95. The van der Waals surface area contributed by atoms with Gasteiger partial charge in [0.1, 0.15) is 6.10 Å². The molecule has 1 aromatic rings. The standard InChI is InChI=1S/C11H13N3O/c1-2-10-11(14-8-7-13-10)15-9-3-5-12-6-4-9/h1,7-9,12H,3-6H2. The van der Waals surface area contributed by atoms with Gasteiger partial charge >= 0.3 is 0 Å². The molecule has 0 spiro atoms. The Balaban J connectivity index is 2.06. The van der Waals surface area contributed by atoms with Crippen LogP contribution in [0.5, 0.6) is 5.88 Å². The van der Waals surface area contributed by atoms with Crippen molar-refractivity contribution < 1.29 is 4.74 Å². The topological polar surface area (TPSA) is 47.0 Å². The van der Waals surface area contributed by atoms with Gasteiger partial charge in [-0.05, 0) is 31.9 Å². The van der Waals surface area contributed by atoms with Crippen molar-refractivity contribution in [3.05, 3.63) is 18.1 Å². The van der Waals surface area contributed by atoms with Crippen LogP contribution in [0.4, 0.5) is 0 Å². The van der Waals surface area contributed by atoms with E-state index in [2.05, 4.69) is 21.2 Å². The third kappa shape index (κ3) is 2.45. The van der Waals surface area contributed by atoms with Crippen LogP contribution in [0.2, 0.25) is 0 Å². The van der Waals surface area contributed by atoms with Gasteiger partial charge in [0.25, 0.3) is 0 Å². The van der Waals surface area contributed by atoms with Crippen LogP contribution in [0.25, 0.3) is 0 Å². The molecule has 1 aliphatic heterocycles. The number of nitrogens with zero attached hydrogens (tertiary/aromatic N) is 2. The second kappa shape index (κ2) is 4.76. The van der Waals surface area contributed by atoms with Crippen molar-refractivity contribution in [2.24, 2.45) is 0 Å². The van der Waals surface area contributed by atoms with Gasteiger partial charge in [0.15, 0.2) is 5.69 Å². The van der Waals surface area contributed by atoms with Gasteiger partial charge in [-0.1, -0.05) is 0 Å². The molecule has 0 radical (unpaired) electrons. The lowest BCUT2D eigenvalue weighted by molar-refractivity contribution is 0.155. The van der Waals surface area contributed by atoms with Gasteiger partial charge in [0.05, 0.1) is 0 Å². The summed E-state index contributed by atoms with van der Waals surface area (Å²) in [6, 6.07) is 0. The number of rotatable bonds is 2. The Morgan fingerprint density at radius 1 is 1.33 bits per heavy atom. The highest BCUT2D eigenvalue weighted by molar-refractivity contribution is 5.33. The number of ether oxygens (including phenoxy) is 1. The Kier molecular flexibility index (Phi) is 3.15. The van der Waals surface area contributed by atoms with Gasteiger partial charge in [0.2, 0.25) is 5.88 Å². The summed E-state index contributed by atoms with van der Waals surface area (Å²) >= 11 is 0. The summed E-state index contributed by atoms with van der Waals surface area (Å²) < 4.78 is 5.72. The SMILES string of the molecule is C#Cc1nccnc1OC1CCNCC1. The molecule has 1 aromatic heterocycles. The van der Waals surface area contributed by atoms with E-state index in [1.54, 1.807) is 12.4 Å². The first kappa shape index (κ1) is 9.94. The normalized spacial score (nSPS) is 17.0. The van der Waals surface area contributed by atoms with E-state index in [1.165, 1.54) is 0 Å². The first-order valence-corrected chi connectivity index (χ1v) is 5.05. The van der Waals surface area contributed by atoms with E-state index in [9.17, 15) is 0 Å². The monoisotopic (exact) mass is 203 g/mol. The number of terminal acetylenes is 1. The molecule has 1 saturated heterocycles. The van der Waals surface area contributed by atoms with Gasteiger partial charge in [-0.3, -0.25) is 0 Å². The van der Waals surface area contributed by atoms with Gasteiger partial charge in [-0.2, -0.15) is 0 Å². The van der Waals surface area contributed by atoms with E-state index in [4.69, 9.17) is 11.2 Å². The Hall–Kier alpha value is -1.60. The van der Waals surface area contributed by atoms with E-state index < -0.39 is 0 Å². The van der Waals surface area contributed by atoms with Crippen molar-refractivity contribution in [2.75, 3.05) is 13.1 Å². The van der Waals surface area contributed by atoms with E-state index in [1.807, 2.05) is 0 Å². The van der Waals surface area contributed by atoms with Gasteiger partial charge in [0, 0.05) is 12.4 Å². The van der Waals surface area contributed by atoms with Gasteiger partial charge in [-0.15, -0.1) is 6.42 Å². The minimum Gasteiger partial charge on any atom is -0.472 e. The van der Waals surface area contributed by atoms with Crippen molar-refractivity contribution in [2.45, 2.75) is 18.9 Å². The van der Waals surface area contributed by atoms with Gasteiger partial charge in [-0.25, -0.2) is 9.97 Å². The maximum absolute atomic E-state index is 5.72. The third-order valence-corrected chi connectivity index (χ3v) is 2.37. The van der Waals surface area contributed by atoms with Crippen LogP contribution in [0.1, 0.15) is 18.5 Å². The molecule has 0 unspecified atom stereocenters. The lowest BCUT2D eigenvalue weighted by Crippen LogP contribution is -2.34. The smallest absolute Gasteiger partial charge is 0.249 e. The summed E-state index contributed by atoms with van der Waals surface area (Å²) in [7, 11) is 0. The summed E-state index contributed by atoms with van der Waals surface area (Å²) in [6.07, 6.45) is 10.7. The van der Waals surface area contributed by atoms with Crippen LogP contribution >= 0.6 is 0 Å². The number of aromatic nitrogens is 2. The zero-order valence-corrected chi connectivity index (χ0v) is 8.44. The third-order valence-electron chi connectivity index (χ3n) is 2.37. The molecule has 15 heavy (non-hydrogen) atoms. The van der Waals surface area contributed by atoms with Crippen LogP contribution in [-0.2, 0) is 0 Å². The maximum Gasteiger partial charge on any atom is 0.249 e. The fourth-order valence-electron chi connectivity index (χ4n) is 1.58. The van der Waals surface area contributed by atoms with Crippen molar-refractivity contribution in [1.29, 1.82) is 0 Å². The van der Waals surface area contributed by atoms with Crippen LogP contribution in [0.3, 0.4) is 0 Å². The van der Waals surface area contributed by atoms with Crippen LogP contribution in [0, 0.1) is 12.3 Å². The van der Waals surface area contributed by atoms with Crippen molar-refractivity contribution in [3.63, 3.8) is 0 Å². The molecular formula is C11H13N3O. The minimum atomic E-state index is 0.204. The molecule has 2 heterocycles. The number of nitrogens with one attached hydrogen (secondary N) is 1. The van der Waals surface area contributed by atoms with Crippen LogP contribution < -0.4 is 10.1 Å². The molecule has 0 atom stereocenters. The van der Waals surface area contributed by atoms with Gasteiger partial charge < -0.3 is 10.1 Å². The van der Waals surface area contributed by atoms with Crippen LogP contribution in [-0.4, -0.2) is 29.2 Å². The van der Waals surface area contributed by atoms with E-state index in [0.29, 0.717) is 11.6 Å². The molecule has 0 saturated carbocycles. The maximum atomic E-state index is 5.72. The highest BCUT2D eigenvalue weighted by Crippen LogP contribution is 2.15. The predicted octanol–water partition coefficient (Wildman–Crippen LogP) is 0.589. The highest BCUT2D eigenvalue weighted by atomic mass is 16.5. The second-order valence-electron chi connectivity index (χ2n) is 3.42. The molecule has 1 aliphatic rings. The van der Waals surface area contributed by atoms with E-state index >= 15 is 0 Å². The number of piperidine rings is 1. The molecule has 1 fully saturated rings. The average Bonchev–Trinajstić information content (AvgIpc) is 2.31. The Bertz CT molecular complexity index is 366. The summed E-state index contributed by atoms with van der Waals surface area (Å²) in [4.78, 5) is 8.12. The molecule has 0 bridgehead atoms. The second-order valence-corrected chi connectivity index (χ2v) is 3.42. The fourth-order valence-corrected chi connectivity index (χ4v) is 1.58. The van der Waals surface area contributed by atoms with E-state index in [-0.39, 0.29) is 6.10 Å². The first-order valence-electron chi connectivity index (χ1n) is 5.05. The molecule has 0 aromatic carbocycles. The fraction of sp³-hybridized carbons (Fsp3) is 0.455. The van der Waals surface area contributed by atoms with Crippen molar-refractivity contribution >= 4 is 0 Å². The summed E-state index contributed by atoms with van der Waals surface area (Å²) in [5.41, 5.74) is 0.482. The minimum absolute atomic E-state index is 0.204. The lowest BCUT2D eigenvalue weighted by atomic mass is 10.1. The Morgan fingerprint density at radius 3 is 2.80 bits per heavy atom. The summed E-state index contributed by atoms with van der Waals surface area (Å²) in [6.45, 7) is 1.96.